The van der Waals surface area contributed by atoms with Gasteiger partial charge in [0.05, 0.1) is 34.3 Å². The maximum absolute atomic E-state index is 15.0. The largest absolute Gasteiger partial charge is 0.385 e. The lowest BCUT2D eigenvalue weighted by Gasteiger charge is -2.48. The van der Waals surface area contributed by atoms with E-state index in [9.17, 15) is 28.0 Å². The fourth-order valence-electron chi connectivity index (χ4n) is 9.87. The van der Waals surface area contributed by atoms with E-state index < -0.39 is 18.5 Å². The topological polar surface area (TPSA) is 160 Å². The zero-order valence-electron chi connectivity index (χ0n) is 35.3. The van der Waals surface area contributed by atoms with Gasteiger partial charge in [-0.1, -0.05) is 29.8 Å². The fourth-order valence-corrected chi connectivity index (χ4v) is 10.1. The monoisotopic (exact) mass is 891 g/mol. The number of carbonyl (C=O) groups is 4. The van der Waals surface area contributed by atoms with Crippen molar-refractivity contribution < 1.29 is 28.0 Å². The summed E-state index contributed by atoms with van der Waals surface area (Å²) in [6, 6.07) is 14.9. The molecular formula is C46H48ClF2N11O4. The highest BCUT2D eigenvalue weighted by Gasteiger charge is 2.42. The van der Waals surface area contributed by atoms with Gasteiger partial charge in [0.2, 0.25) is 5.91 Å². The molecule has 4 fully saturated rings. The third kappa shape index (κ3) is 7.78. The van der Waals surface area contributed by atoms with Gasteiger partial charge in [0.25, 0.3) is 18.2 Å². The van der Waals surface area contributed by atoms with E-state index in [-0.39, 0.29) is 42.1 Å². The number of hydrogen-bond acceptors (Lipinski definition) is 10. The maximum atomic E-state index is 15.0. The van der Waals surface area contributed by atoms with Crippen molar-refractivity contribution in [1.29, 1.82) is 0 Å². The van der Waals surface area contributed by atoms with Crippen LogP contribution in [0.15, 0.2) is 67.0 Å². The van der Waals surface area contributed by atoms with Crippen LogP contribution in [0.1, 0.15) is 83.0 Å². The lowest BCUT2D eigenvalue weighted by molar-refractivity contribution is -0.120. The molecule has 332 valence electrons. The molecule has 10 rings (SSSR count). The molecule has 1 saturated carbocycles. The van der Waals surface area contributed by atoms with Crippen LogP contribution in [-0.2, 0) is 11.2 Å². The maximum Gasteiger partial charge on any atom is 0.328 e. The number of alkyl halides is 2. The third-order valence-electron chi connectivity index (χ3n) is 13.7. The Kier molecular flexibility index (Phi) is 10.9. The molecule has 1 spiro atoms. The molecule has 18 heteroatoms. The first-order valence-electron chi connectivity index (χ1n) is 21.9. The van der Waals surface area contributed by atoms with Crippen LogP contribution in [0.25, 0.3) is 16.9 Å². The molecule has 64 heavy (non-hydrogen) atoms. The number of amides is 5. The second-order valence-electron chi connectivity index (χ2n) is 17.5. The lowest BCUT2D eigenvalue weighted by atomic mass is 9.71. The number of fused-ring (bicyclic) bond motifs is 2. The molecule has 0 bridgehead atoms. The van der Waals surface area contributed by atoms with Crippen LogP contribution in [-0.4, -0.2) is 112 Å². The molecule has 3 saturated heterocycles. The Morgan fingerprint density at radius 1 is 0.875 bits per heavy atom. The van der Waals surface area contributed by atoms with E-state index in [2.05, 4.69) is 25.8 Å². The predicted octanol–water partition coefficient (Wildman–Crippen LogP) is 6.84. The van der Waals surface area contributed by atoms with Crippen molar-refractivity contribution in [3.63, 3.8) is 0 Å². The quantitative estimate of drug-likeness (QED) is 0.136. The van der Waals surface area contributed by atoms with Crippen molar-refractivity contribution in [3.8, 4) is 11.3 Å². The molecule has 1 atom stereocenters. The Bertz CT molecular complexity index is 2660. The smallest absolute Gasteiger partial charge is 0.328 e. The van der Waals surface area contributed by atoms with Crippen molar-refractivity contribution in [2.24, 2.45) is 5.41 Å². The number of aromatic nitrogens is 4. The average Bonchev–Trinajstić information content (AvgIpc) is 3.83. The number of nitrogens with zero attached hydrogens (tertiary/aromatic N) is 8. The normalized spacial score (nSPS) is 19.3. The Balaban J connectivity index is 0.796. The highest BCUT2D eigenvalue weighted by Crippen LogP contribution is 2.45. The van der Waals surface area contributed by atoms with E-state index in [1.165, 1.54) is 4.90 Å². The molecule has 5 aromatic rings. The van der Waals surface area contributed by atoms with Gasteiger partial charge in [-0.3, -0.25) is 34.5 Å². The van der Waals surface area contributed by atoms with E-state index in [1.807, 2.05) is 47.2 Å². The number of piperidine rings is 2. The molecule has 5 aliphatic rings. The zero-order chi connectivity index (χ0) is 44.3. The molecule has 3 N–H and O–H groups in total. The minimum atomic E-state index is -2.61. The van der Waals surface area contributed by atoms with Gasteiger partial charge in [-0.2, -0.15) is 0 Å². The first-order chi connectivity index (χ1) is 31.0. The molecule has 5 amide bonds. The van der Waals surface area contributed by atoms with Crippen molar-refractivity contribution in [1.82, 2.24) is 40.0 Å². The summed E-state index contributed by atoms with van der Waals surface area (Å²) in [5.74, 6) is -0.0624. The van der Waals surface area contributed by atoms with Crippen LogP contribution in [0.3, 0.4) is 0 Å². The number of halogens is 3. The molecule has 1 aliphatic carbocycles. The minimum absolute atomic E-state index is 0.0468. The van der Waals surface area contributed by atoms with Crippen LogP contribution >= 0.6 is 11.6 Å². The van der Waals surface area contributed by atoms with Crippen molar-refractivity contribution >= 4 is 63.9 Å². The second kappa shape index (κ2) is 16.7. The number of nitrogens with one attached hydrogen (secondary N) is 3. The molecule has 3 aromatic heterocycles. The summed E-state index contributed by atoms with van der Waals surface area (Å²) in [5, 5.41) is 13.7. The fraction of sp³-hybridized carbons (Fsp3) is 0.413. The average molecular weight is 892 g/mol. The number of pyridine rings is 1. The van der Waals surface area contributed by atoms with E-state index in [0.717, 1.165) is 61.0 Å². The Morgan fingerprint density at radius 3 is 2.34 bits per heavy atom. The van der Waals surface area contributed by atoms with Gasteiger partial charge >= 0.3 is 6.03 Å². The first-order valence-corrected chi connectivity index (χ1v) is 22.3. The predicted molar refractivity (Wildman–Crippen MR) is 237 cm³/mol. The number of imidazole rings is 1. The van der Waals surface area contributed by atoms with Gasteiger partial charge in [0.15, 0.2) is 17.2 Å². The summed E-state index contributed by atoms with van der Waals surface area (Å²) < 4.78 is 31.5. The van der Waals surface area contributed by atoms with E-state index >= 15 is 0 Å². The molecule has 4 aliphatic heterocycles. The Morgan fingerprint density at radius 2 is 1.64 bits per heavy atom. The van der Waals surface area contributed by atoms with Crippen LogP contribution in [0, 0.1) is 5.41 Å². The van der Waals surface area contributed by atoms with Crippen LogP contribution in [0.5, 0.6) is 0 Å². The number of likely N-dealkylation sites (tertiary alicyclic amines) is 2. The number of urea groups is 1. The number of imide groups is 1. The van der Waals surface area contributed by atoms with Gasteiger partial charge in [0.1, 0.15) is 0 Å². The molecule has 1 unspecified atom stereocenters. The Hall–Kier alpha value is -6.20. The number of benzene rings is 2. The van der Waals surface area contributed by atoms with Crippen molar-refractivity contribution in [2.75, 3.05) is 61.4 Å². The van der Waals surface area contributed by atoms with E-state index in [0.29, 0.717) is 83.8 Å². The van der Waals surface area contributed by atoms with Gasteiger partial charge < -0.3 is 20.4 Å². The van der Waals surface area contributed by atoms with Gasteiger partial charge in [-0.15, -0.1) is 5.10 Å². The summed E-state index contributed by atoms with van der Waals surface area (Å²) in [5.41, 5.74) is 6.55. The molecule has 2 aromatic carbocycles. The summed E-state index contributed by atoms with van der Waals surface area (Å²) >= 11 is 6.42. The van der Waals surface area contributed by atoms with Crippen LogP contribution in [0.2, 0.25) is 5.02 Å². The number of hydrogen-bond donors (Lipinski definition) is 3. The Labute approximate surface area is 373 Å². The number of anilines is 4. The van der Waals surface area contributed by atoms with E-state index in [4.69, 9.17) is 21.7 Å². The summed E-state index contributed by atoms with van der Waals surface area (Å²) in [7, 11) is 1.81. The highest BCUT2D eigenvalue weighted by atomic mass is 35.5. The lowest BCUT2D eigenvalue weighted by Crippen LogP contribution is -2.50. The number of carbonyl (C=O) groups excluding carboxylic acids is 4. The van der Waals surface area contributed by atoms with Crippen LogP contribution in [0.4, 0.5) is 36.5 Å². The standard InChI is InChI=1S/C46H48ClF2N11O4/c1-50-34-24-38(55-60-37(26-52-42(34)60)43(62)53-29-7-8-29)58-17-11-31-30(3-2-4-35(31)58)33-10-6-28(25-51-33)40(41(48)49)56-19-13-46(14-20-56)15-21-57(22-16-46)44(63)27-5-9-32(47)36(23-27)59-18-12-39(61)54-45(59)64/h2-6,9-10,23-26,29,40-41,50H,7-8,11-22H2,1H3,(H,53,62)(H,54,61,64). The SMILES string of the molecule is CNc1cc(N2CCc3c(-c4ccc(C(C(F)F)N5CCC6(CCN(C(=O)c7ccc(Cl)c(N8CCC(=O)NC8=O)c7)CC6)CC5)cn4)cccc32)nn2c(C(=O)NC3CC3)cnc12. The van der Waals surface area contributed by atoms with Gasteiger partial charge in [0, 0.05) is 74.8 Å². The van der Waals surface area contributed by atoms with Gasteiger partial charge in [-0.05, 0) is 105 Å². The molecule has 0 radical (unpaired) electrons. The number of rotatable bonds is 10. The zero-order valence-corrected chi connectivity index (χ0v) is 36.1. The summed E-state index contributed by atoms with van der Waals surface area (Å²) in [6.45, 7) is 2.91. The van der Waals surface area contributed by atoms with Gasteiger partial charge in [-0.25, -0.2) is 23.1 Å². The molecular weight excluding hydrogens is 844 g/mol. The highest BCUT2D eigenvalue weighted by molar-refractivity contribution is 6.34. The van der Waals surface area contributed by atoms with E-state index in [1.54, 1.807) is 41.2 Å². The summed E-state index contributed by atoms with van der Waals surface area (Å²) in [6.07, 6.45) is 6.36. The minimum Gasteiger partial charge on any atom is -0.385 e. The van der Waals surface area contributed by atoms with Crippen LogP contribution < -0.4 is 25.8 Å². The molecule has 15 nitrogen and oxygen atoms in total. The molecule has 7 heterocycles. The third-order valence-corrected chi connectivity index (χ3v) is 14.0. The second-order valence-corrected chi connectivity index (χ2v) is 17.9. The van der Waals surface area contributed by atoms with Crippen molar-refractivity contribution in [2.45, 2.75) is 69.9 Å². The first kappa shape index (κ1) is 41.8. The van der Waals surface area contributed by atoms with Crippen molar-refractivity contribution in [3.05, 3.63) is 94.4 Å². The summed E-state index contributed by atoms with van der Waals surface area (Å²) in [4.78, 5) is 67.3.